The number of anilines is 1. The predicted molar refractivity (Wildman–Crippen MR) is 85.3 cm³/mol. The zero-order valence-electron chi connectivity index (χ0n) is 13.0. The van der Waals surface area contributed by atoms with Crippen molar-refractivity contribution in [3.05, 3.63) is 29.8 Å². The number of ether oxygens (including phenoxy) is 1. The van der Waals surface area contributed by atoms with Gasteiger partial charge >= 0.3 is 5.97 Å². The molecule has 1 amide bonds. The maximum Gasteiger partial charge on any atom is 0.337 e. The second-order valence-electron chi connectivity index (χ2n) is 4.91. The number of aromatic nitrogens is 4. The van der Waals surface area contributed by atoms with Crippen LogP contribution in [-0.4, -0.2) is 44.9 Å². The summed E-state index contributed by atoms with van der Waals surface area (Å²) in [6, 6.07) is 6.67. The molecular weight excluding hydrogens is 318 g/mol. The van der Waals surface area contributed by atoms with Gasteiger partial charge in [-0.25, -0.2) is 9.48 Å². The molecule has 0 saturated heterocycles. The molecule has 9 heteroatoms. The molecule has 23 heavy (non-hydrogen) atoms. The third-order valence-corrected chi connectivity index (χ3v) is 3.78. The molecule has 0 spiro atoms. The molecule has 0 atom stereocenters. The van der Waals surface area contributed by atoms with Gasteiger partial charge in [-0.05, 0) is 42.5 Å². The molecule has 0 fully saturated rings. The molecule has 0 aliphatic rings. The van der Waals surface area contributed by atoms with Crippen LogP contribution in [0.25, 0.3) is 0 Å². The minimum atomic E-state index is -0.452. The first-order valence-electron chi connectivity index (χ1n) is 6.90. The summed E-state index contributed by atoms with van der Waals surface area (Å²) in [6.45, 7) is 3.91. The number of nitrogens with zero attached hydrogens (tertiary/aromatic N) is 4. The van der Waals surface area contributed by atoms with E-state index in [1.54, 1.807) is 28.9 Å². The molecule has 0 radical (unpaired) electrons. The van der Waals surface area contributed by atoms with Crippen LogP contribution in [0.15, 0.2) is 29.4 Å². The fourth-order valence-corrected chi connectivity index (χ4v) is 2.58. The van der Waals surface area contributed by atoms with Crippen LogP contribution in [0.3, 0.4) is 0 Å². The summed E-state index contributed by atoms with van der Waals surface area (Å²) >= 11 is 1.25. The van der Waals surface area contributed by atoms with Gasteiger partial charge in [-0.15, -0.1) is 5.10 Å². The maximum absolute atomic E-state index is 12.0. The number of rotatable bonds is 6. The van der Waals surface area contributed by atoms with Gasteiger partial charge in [0.15, 0.2) is 0 Å². The van der Waals surface area contributed by atoms with Crippen molar-refractivity contribution < 1.29 is 14.3 Å². The average molecular weight is 335 g/mol. The SMILES string of the molecule is COC(=O)c1cccc(NC(=O)CSc2nnnn2C(C)C)c1. The van der Waals surface area contributed by atoms with Crippen LogP contribution in [0, 0.1) is 0 Å². The molecule has 1 aromatic carbocycles. The van der Waals surface area contributed by atoms with Crippen LogP contribution < -0.4 is 5.32 Å². The van der Waals surface area contributed by atoms with E-state index in [0.29, 0.717) is 16.4 Å². The molecule has 1 heterocycles. The first kappa shape index (κ1) is 16.9. The third kappa shape index (κ3) is 4.52. The van der Waals surface area contributed by atoms with Gasteiger partial charge in [-0.2, -0.15) is 0 Å². The Morgan fingerprint density at radius 3 is 2.87 bits per heavy atom. The zero-order valence-corrected chi connectivity index (χ0v) is 13.8. The quantitative estimate of drug-likeness (QED) is 0.634. The van der Waals surface area contributed by atoms with Crippen LogP contribution in [-0.2, 0) is 9.53 Å². The number of carbonyl (C=O) groups is 2. The van der Waals surface area contributed by atoms with Crippen LogP contribution >= 0.6 is 11.8 Å². The highest BCUT2D eigenvalue weighted by Crippen LogP contribution is 2.18. The lowest BCUT2D eigenvalue weighted by Gasteiger charge is -2.08. The monoisotopic (exact) mass is 335 g/mol. The number of hydrogen-bond acceptors (Lipinski definition) is 7. The van der Waals surface area contributed by atoms with E-state index in [9.17, 15) is 9.59 Å². The zero-order chi connectivity index (χ0) is 16.8. The Balaban J connectivity index is 1.95. The number of hydrogen-bond donors (Lipinski definition) is 1. The van der Waals surface area contributed by atoms with Gasteiger partial charge in [0.25, 0.3) is 0 Å². The van der Waals surface area contributed by atoms with Gasteiger partial charge in [0.05, 0.1) is 24.5 Å². The van der Waals surface area contributed by atoms with Crippen molar-refractivity contribution in [1.82, 2.24) is 20.2 Å². The molecule has 0 unspecified atom stereocenters. The minimum absolute atomic E-state index is 0.118. The van der Waals surface area contributed by atoms with E-state index in [1.165, 1.54) is 18.9 Å². The Labute approximate surface area is 137 Å². The minimum Gasteiger partial charge on any atom is -0.465 e. The first-order chi connectivity index (χ1) is 11.0. The lowest BCUT2D eigenvalue weighted by molar-refractivity contribution is -0.113. The molecule has 1 aromatic heterocycles. The summed E-state index contributed by atoms with van der Waals surface area (Å²) in [6.07, 6.45) is 0. The lowest BCUT2D eigenvalue weighted by Crippen LogP contribution is -2.15. The molecule has 2 rings (SSSR count). The normalized spacial score (nSPS) is 10.6. The molecule has 0 aliphatic heterocycles. The lowest BCUT2D eigenvalue weighted by atomic mass is 10.2. The molecule has 0 saturated carbocycles. The van der Waals surface area contributed by atoms with Crippen LogP contribution in [0.5, 0.6) is 0 Å². The second-order valence-corrected chi connectivity index (χ2v) is 5.85. The van der Waals surface area contributed by atoms with Gasteiger partial charge in [0, 0.05) is 5.69 Å². The fraction of sp³-hybridized carbons (Fsp3) is 0.357. The second kappa shape index (κ2) is 7.73. The van der Waals surface area contributed by atoms with Crippen LogP contribution in [0.1, 0.15) is 30.2 Å². The molecule has 8 nitrogen and oxygen atoms in total. The highest BCUT2D eigenvalue weighted by Gasteiger charge is 2.13. The summed E-state index contributed by atoms with van der Waals surface area (Å²) in [5, 5.41) is 14.7. The smallest absolute Gasteiger partial charge is 0.337 e. The van der Waals surface area contributed by atoms with Gasteiger partial charge in [-0.1, -0.05) is 17.8 Å². The number of methoxy groups -OCH3 is 1. The number of thioether (sulfide) groups is 1. The number of esters is 1. The van der Waals surface area contributed by atoms with Crippen molar-refractivity contribution in [3.8, 4) is 0 Å². The summed E-state index contributed by atoms with van der Waals surface area (Å²) in [4.78, 5) is 23.5. The Morgan fingerprint density at radius 1 is 1.39 bits per heavy atom. The number of benzene rings is 1. The van der Waals surface area contributed by atoms with Gasteiger partial charge < -0.3 is 10.1 Å². The molecule has 1 N–H and O–H groups in total. The van der Waals surface area contributed by atoms with Crippen molar-refractivity contribution in [2.75, 3.05) is 18.2 Å². The first-order valence-corrected chi connectivity index (χ1v) is 7.88. The van der Waals surface area contributed by atoms with Crippen molar-refractivity contribution in [3.63, 3.8) is 0 Å². The number of amides is 1. The summed E-state index contributed by atoms with van der Waals surface area (Å²) < 4.78 is 6.30. The Hall–Kier alpha value is -2.42. The van der Waals surface area contributed by atoms with E-state index in [-0.39, 0.29) is 17.7 Å². The van der Waals surface area contributed by atoms with Crippen molar-refractivity contribution >= 4 is 29.3 Å². The highest BCUT2D eigenvalue weighted by atomic mass is 32.2. The molecule has 0 aliphatic carbocycles. The Morgan fingerprint density at radius 2 is 2.17 bits per heavy atom. The molecule has 0 bridgehead atoms. The summed E-state index contributed by atoms with van der Waals surface area (Å²) in [5.41, 5.74) is 0.906. The van der Waals surface area contributed by atoms with Crippen molar-refractivity contribution in [2.45, 2.75) is 25.0 Å². The Bertz CT molecular complexity index is 701. The van der Waals surface area contributed by atoms with Gasteiger partial charge in [-0.3, -0.25) is 4.79 Å². The van der Waals surface area contributed by atoms with E-state index in [1.807, 2.05) is 13.8 Å². The summed E-state index contributed by atoms with van der Waals surface area (Å²) in [5.74, 6) is -0.503. The van der Waals surface area contributed by atoms with Crippen molar-refractivity contribution in [1.29, 1.82) is 0 Å². The standard InChI is InChI=1S/C14H17N5O3S/c1-9(2)19-14(16-17-18-19)23-8-12(20)15-11-6-4-5-10(7-11)13(21)22-3/h4-7,9H,8H2,1-3H3,(H,15,20). The molecule has 122 valence electrons. The van der Waals surface area contributed by atoms with E-state index in [2.05, 4.69) is 25.6 Å². The van der Waals surface area contributed by atoms with E-state index in [0.717, 1.165) is 0 Å². The number of tetrazole rings is 1. The number of carbonyl (C=O) groups excluding carboxylic acids is 2. The van der Waals surface area contributed by atoms with E-state index >= 15 is 0 Å². The number of nitrogens with one attached hydrogen (secondary N) is 1. The average Bonchev–Trinajstić information content (AvgIpc) is 3.01. The topological polar surface area (TPSA) is 99.0 Å². The van der Waals surface area contributed by atoms with Gasteiger partial charge in [0.1, 0.15) is 0 Å². The highest BCUT2D eigenvalue weighted by molar-refractivity contribution is 7.99. The third-order valence-electron chi connectivity index (χ3n) is 2.85. The largest absolute Gasteiger partial charge is 0.465 e. The van der Waals surface area contributed by atoms with Crippen molar-refractivity contribution in [2.24, 2.45) is 0 Å². The molecule has 2 aromatic rings. The van der Waals surface area contributed by atoms with Crippen LogP contribution in [0.2, 0.25) is 0 Å². The van der Waals surface area contributed by atoms with E-state index in [4.69, 9.17) is 0 Å². The maximum atomic E-state index is 12.0. The predicted octanol–water partition coefficient (Wildman–Crippen LogP) is 1.77. The fourth-order valence-electron chi connectivity index (χ4n) is 1.77. The summed E-state index contributed by atoms with van der Waals surface area (Å²) in [7, 11) is 1.31. The van der Waals surface area contributed by atoms with Gasteiger partial charge in [0.2, 0.25) is 11.1 Å². The Kier molecular flexibility index (Phi) is 5.69. The van der Waals surface area contributed by atoms with Crippen LogP contribution in [0.4, 0.5) is 5.69 Å². The van der Waals surface area contributed by atoms with E-state index < -0.39 is 5.97 Å². The molecular formula is C14H17N5O3S.